The Morgan fingerprint density at radius 1 is 0.456 bits per heavy atom. The molecule has 0 atom stereocenters. The van der Waals surface area contributed by atoms with E-state index in [1.807, 2.05) is 46.9 Å². The van der Waals surface area contributed by atoms with Crippen LogP contribution in [0.15, 0.2) is 194 Å². The van der Waals surface area contributed by atoms with E-state index < -0.39 is 0 Å². The van der Waals surface area contributed by atoms with Gasteiger partial charge < -0.3 is 14.2 Å². The minimum absolute atomic E-state index is 0.614. The molecule has 0 saturated carbocycles. The van der Waals surface area contributed by atoms with E-state index in [0.29, 0.717) is 11.3 Å². The zero-order chi connectivity index (χ0) is 45.2. The summed E-state index contributed by atoms with van der Waals surface area (Å²) in [6.45, 7) is 9.86. The van der Waals surface area contributed by atoms with Crippen LogP contribution in [0.1, 0.15) is 11.1 Å². The third-order valence-corrected chi connectivity index (χ3v) is 16.0. The van der Waals surface area contributed by atoms with Crippen molar-refractivity contribution in [3.05, 3.63) is 217 Å². The van der Waals surface area contributed by atoms with Crippen molar-refractivity contribution in [2.75, 3.05) is 9.80 Å². The second kappa shape index (κ2) is 14.6. The number of nitrogens with zero attached hydrogens (tertiary/aromatic N) is 5. The molecule has 0 N–H and O–H groups in total. The Hall–Kier alpha value is -8.72. The highest BCUT2D eigenvalue weighted by atomic mass is 32.1. The van der Waals surface area contributed by atoms with Crippen molar-refractivity contribution >= 4 is 152 Å². The second-order valence-electron chi connectivity index (χ2n) is 17.6. The number of rotatable bonds is 6. The molecule has 68 heavy (non-hydrogen) atoms. The number of fused-ring (bicyclic) bond motifs is 14. The maximum atomic E-state index is 9.75. The monoisotopic (exact) mass is 901 g/mol. The van der Waals surface area contributed by atoms with Crippen LogP contribution < -0.4 is 9.80 Å². The summed E-state index contributed by atoms with van der Waals surface area (Å²) in [4.78, 5) is 8.36. The summed E-state index contributed by atoms with van der Waals surface area (Å²) in [6.07, 6.45) is 0. The van der Waals surface area contributed by atoms with E-state index in [1.54, 1.807) is 0 Å². The van der Waals surface area contributed by atoms with E-state index in [2.05, 4.69) is 202 Å². The first kappa shape index (κ1) is 38.5. The largest absolute Gasteiger partial charge is 0.311 e. The molecule has 0 fully saturated rings. The van der Waals surface area contributed by atoms with Crippen molar-refractivity contribution in [3.63, 3.8) is 0 Å². The van der Waals surface area contributed by atoms with E-state index in [9.17, 15) is 5.26 Å². The fraction of sp³-hybridized carbons (Fsp3) is 0.0164. The molecular weight excluding hydrogens is 867 g/mol. The fourth-order valence-electron chi connectivity index (χ4n) is 10.7. The van der Waals surface area contributed by atoms with Crippen LogP contribution in [0.3, 0.4) is 0 Å². The molecule has 4 heterocycles. The highest BCUT2D eigenvalue weighted by molar-refractivity contribution is 7.26. The Kier molecular flexibility index (Phi) is 8.30. The maximum Gasteiger partial charge on any atom is 0.187 e. The van der Waals surface area contributed by atoms with Gasteiger partial charge in [0.05, 0.1) is 34.8 Å². The van der Waals surface area contributed by atoms with E-state index in [1.165, 1.54) is 89.3 Å². The number of hydrogen-bond donors (Lipinski definition) is 0. The zero-order valence-corrected chi connectivity index (χ0v) is 38.2. The Labute approximate surface area is 398 Å². The summed E-state index contributed by atoms with van der Waals surface area (Å²) in [5.41, 5.74) is 12.1. The molecule has 0 aliphatic rings. The number of hydrogen-bond acceptors (Lipinski definition) is 5. The average Bonchev–Trinajstić information content (AvgIpc) is 4.13. The molecule has 0 bridgehead atoms. The van der Waals surface area contributed by atoms with Crippen molar-refractivity contribution in [3.8, 4) is 6.07 Å². The molecule has 14 rings (SSSR count). The van der Waals surface area contributed by atoms with E-state index in [0.717, 1.165) is 39.6 Å². The quantitative estimate of drug-likeness (QED) is 0.156. The number of benzene rings is 10. The third kappa shape index (κ3) is 5.71. The molecule has 7 heteroatoms. The highest BCUT2D eigenvalue weighted by Gasteiger charge is 2.24. The van der Waals surface area contributed by atoms with Gasteiger partial charge in [0.1, 0.15) is 0 Å². The molecule has 0 saturated heterocycles. The van der Waals surface area contributed by atoms with Gasteiger partial charge in [0.15, 0.2) is 5.69 Å². The van der Waals surface area contributed by atoms with Gasteiger partial charge in [0.2, 0.25) is 0 Å². The first-order valence-corrected chi connectivity index (χ1v) is 24.2. The smallest absolute Gasteiger partial charge is 0.187 e. The first-order chi connectivity index (χ1) is 33.5. The Morgan fingerprint density at radius 3 is 1.60 bits per heavy atom. The van der Waals surface area contributed by atoms with Crippen LogP contribution in [0.4, 0.5) is 39.8 Å². The molecule has 5 nitrogen and oxygen atoms in total. The predicted molar refractivity (Wildman–Crippen MR) is 289 cm³/mol. The van der Waals surface area contributed by atoms with Gasteiger partial charge in [-0.25, -0.2) is 4.85 Å². The molecule has 0 spiro atoms. The minimum atomic E-state index is 0.614. The lowest BCUT2D eigenvalue weighted by molar-refractivity contribution is 1.28. The van der Waals surface area contributed by atoms with Crippen LogP contribution in [0.2, 0.25) is 0 Å². The van der Waals surface area contributed by atoms with Crippen LogP contribution in [-0.2, 0) is 0 Å². The topological polar surface area (TPSA) is 39.0 Å². The molecule has 4 aromatic heterocycles. The van der Waals surface area contributed by atoms with Crippen LogP contribution in [0.5, 0.6) is 0 Å². The van der Waals surface area contributed by atoms with Gasteiger partial charge in [-0.1, -0.05) is 84.9 Å². The molecule has 0 aliphatic heterocycles. The Morgan fingerprint density at radius 2 is 0.971 bits per heavy atom. The van der Waals surface area contributed by atoms with Crippen LogP contribution in [-0.4, -0.2) is 4.40 Å². The van der Waals surface area contributed by atoms with Crippen molar-refractivity contribution in [1.29, 1.82) is 5.26 Å². The van der Waals surface area contributed by atoms with E-state index in [4.69, 9.17) is 6.57 Å². The van der Waals surface area contributed by atoms with Gasteiger partial charge in [0, 0.05) is 96.0 Å². The molecule has 0 radical (unpaired) electrons. The normalized spacial score (nSPS) is 11.9. The van der Waals surface area contributed by atoms with Crippen LogP contribution in [0.25, 0.3) is 94.1 Å². The van der Waals surface area contributed by atoms with E-state index in [-0.39, 0.29) is 0 Å². The predicted octanol–water partition coefficient (Wildman–Crippen LogP) is 18.4. The number of aryl methyl sites for hydroxylation is 1. The lowest BCUT2D eigenvalue weighted by Crippen LogP contribution is -2.09. The minimum Gasteiger partial charge on any atom is -0.311 e. The lowest BCUT2D eigenvalue weighted by Gasteiger charge is -2.26. The highest BCUT2D eigenvalue weighted by Crippen LogP contribution is 2.48. The van der Waals surface area contributed by atoms with Gasteiger partial charge in [-0.15, -0.1) is 22.7 Å². The summed E-state index contributed by atoms with van der Waals surface area (Å²) in [5, 5.41) is 22.0. The molecule has 0 aliphatic carbocycles. The van der Waals surface area contributed by atoms with Gasteiger partial charge in [-0.05, 0) is 132 Å². The number of nitriles is 1. The summed E-state index contributed by atoms with van der Waals surface area (Å²) in [7, 11) is 0. The van der Waals surface area contributed by atoms with Crippen molar-refractivity contribution < 1.29 is 0 Å². The standard InChI is InChI=1S/C61H35N5S2/c1-36-11-25-51-54(29-36)66-55-32-43(65(40-17-12-37(35-62)13-18-40)45-24-28-50-48-8-4-6-10-57(48)68-59(50)34-45)22-26-46(55)53-30-38-14-19-42(31-52(38)60(51)61(53)66)64(41-20-15-39(63-2)16-21-41)44-23-27-49-47-7-3-5-9-56(47)67-58(49)33-44/h3-34H,1H3. The first-order valence-electron chi connectivity index (χ1n) is 22.6. The number of anilines is 6. The van der Waals surface area contributed by atoms with E-state index >= 15 is 0 Å². The zero-order valence-electron chi connectivity index (χ0n) is 36.5. The summed E-state index contributed by atoms with van der Waals surface area (Å²) in [5.74, 6) is 0. The molecule has 316 valence electrons. The molecule has 0 amide bonds. The van der Waals surface area contributed by atoms with Gasteiger partial charge in [-0.3, -0.25) is 0 Å². The second-order valence-corrected chi connectivity index (χ2v) is 19.8. The van der Waals surface area contributed by atoms with Gasteiger partial charge in [0.25, 0.3) is 0 Å². The van der Waals surface area contributed by atoms with Gasteiger partial charge in [-0.2, -0.15) is 5.26 Å². The lowest BCUT2D eigenvalue weighted by atomic mass is 9.98. The van der Waals surface area contributed by atoms with Gasteiger partial charge >= 0.3 is 0 Å². The summed E-state index contributed by atoms with van der Waals surface area (Å²) in [6, 6.07) is 72.0. The average molecular weight is 902 g/mol. The van der Waals surface area contributed by atoms with Crippen molar-refractivity contribution in [2.45, 2.75) is 6.92 Å². The molecule has 0 unspecified atom stereocenters. The van der Waals surface area contributed by atoms with Crippen molar-refractivity contribution in [1.82, 2.24) is 4.40 Å². The van der Waals surface area contributed by atoms with Crippen LogP contribution >= 0.6 is 22.7 Å². The number of aromatic nitrogens is 1. The molecule has 14 aromatic rings. The molecular formula is C61H35N5S2. The SMILES string of the molecule is [C-]#[N+]c1ccc(N(c2ccc3c(c2)sc2ccccc23)c2ccc3cc4c5ccc(N(c6ccc(C#N)cc6)c6ccc7c(c6)sc6ccccc67)cc5n5c6cc(C)ccc6c(c3c2)c45)cc1. The Balaban J connectivity index is 0.993. The van der Waals surface area contributed by atoms with Crippen molar-refractivity contribution in [2.24, 2.45) is 0 Å². The fourth-order valence-corrected chi connectivity index (χ4v) is 12.9. The summed E-state index contributed by atoms with van der Waals surface area (Å²) >= 11 is 3.64. The molecule has 10 aromatic carbocycles. The third-order valence-electron chi connectivity index (χ3n) is 13.7. The summed E-state index contributed by atoms with van der Waals surface area (Å²) < 4.78 is 7.50. The van der Waals surface area contributed by atoms with Crippen LogP contribution in [0, 0.1) is 24.8 Å². The Bertz CT molecular complexity index is 4490. The maximum absolute atomic E-state index is 9.75. The number of thiophene rings is 2.